The molecular weight excluding hydrogens is 310 g/mol. The molecule has 0 bridgehead atoms. The summed E-state index contributed by atoms with van der Waals surface area (Å²) in [5.41, 5.74) is 0. The minimum absolute atomic E-state index is 0.0762. The second-order valence-electron chi connectivity index (χ2n) is 7.42. The minimum atomic E-state index is -0.760. The van der Waals surface area contributed by atoms with Crippen molar-refractivity contribution in [3.05, 3.63) is 0 Å². The second kappa shape index (κ2) is 7.80. The summed E-state index contributed by atoms with van der Waals surface area (Å²) in [4.78, 5) is 27.7. The van der Waals surface area contributed by atoms with Crippen LogP contribution in [0, 0.1) is 5.92 Å². The highest BCUT2D eigenvalue weighted by Gasteiger charge is 2.38. The van der Waals surface area contributed by atoms with Gasteiger partial charge < -0.3 is 15.2 Å². The lowest BCUT2D eigenvalue weighted by molar-refractivity contribution is -0.140. The molecule has 0 aromatic carbocycles. The summed E-state index contributed by atoms with van der Waals surface area (Å²) >= 11 is 0. The number of morpholine rings is 1. The Bertz CT molecular complexity index is 457. The van der Waals surface area contributed by atoms with Crippen LogP contribution in [0.5, 0.6) is 0 Å². The highest BCUT2D eigenvalue weighted by Crippen LogP contribution is 2.33. The molecule has 0 aromatic heterocycles. The van der Waals surface area contributed by atoms with Crippen LogP contribution in [-0.2, 0) is 14.3 Å². The van der Waals surface area contributed by atoms with Gasteiger partial charge in [-0.1, -0.05) is 0 Å². The number of carboxylic acid groups (broad SMARTS) is 1. The third-order valence-electron chi connectivity index (χ3n) is 5.48. The van der Waals surface area contributed by atoms with Gasteiger partial charge in [0.1, 0.15) is 0 Å². The Morgan fingerprint density at radius 2 is 1.96 bits per heavy atom. The van der Waals surface area contributed by atoms with E-state index >= 15 is 0 Å². The fraction of sp³-hybridized carbons (Fsp3) is 0.882. The topological polar surface area (TPSA) is 82.1 Å². The van der Waals surface area contributed by atoms with E-state index in [-0.39, 0.29) is 24.5 Å². The molecule has 1 amide bonds. The molecule has 0 spiro atoms. The quantitative estimate of drug-likeness (QED) is 0.655. The average molecular weight is 339 g/mol. The first kappa shape index (κ1) is 17.6. The molecular formula is C17H29N3O4. The van der Waals surface area contributed by atoms with Gasteiger partial charge in [0.25, 0.3) is 0 Å². The van der Waals surface area contributed by atoms with Crippen LogP contribution in [0.4, 0.5) is 0 Å². The number of rotatable bonds is 8. The Morgan fingerprint density at radius 3 is 2.54 bits per heavy atom. The third kappa shape index (κ3) is 4.68. The molecule has 1 heterocycles. The number of nitrogens with zero attached hydrogens (tertiary/aromatic N) is 2. The predicted molar refractivity (Wildman–Crippen MR) is 88.7 cm³/mol. The van der Waals surface area contributed by atoms with E-state index in [2.05, 4.69) is 15.1 Å². The van der Waals surface area contributed by atoms with Crippen LogP contribution < -0.4 is 5.32 Å². The van der Waals surface area contributed by atoms with Crippen LogP contribution >= 0.6 is 0 Å². The molecule has 24 heavy (non-hydrogen) atoms. The van der Waals surface area contributed by atoms with E-state index in [0.717, 1.165) is 32.5 Å². The van der Waals surface area contributed by atoms with Gasteiger partial charge in [-0.3, -0.25) is 19.4 Å². The summed E-state index contributed by atoms with van der Waals surface area (Å²) in [6.45, 7) is 5.93. The minimum Gasteiger partial charge on any atom is -0.480 e. The van der Waals surface area contributed by atoms with E-state index in [1.807, 2.05) is 6.92 Å². The first-order chi connectivity index (χ1) is 11.5. The largest absolute Gasteiger partial charge is 0.480 e. The second-order valence-corrected chi connectivity index (χ2v) is 7.42. The molecule has 3 fully saturated rings. The molecule has 3 rings (SSSR count). The van der Waals surface area contributed by atoms with Crippen LogP contribution in [0.1, 0.15) is 32.6 Å². The van der Waals surface area contributed by atoms with Gasteiger partial charge in [0, 0.05) is 31.7 Å². The third-order valence-corrected chi connectivity index (χ3v) is 5.48. The standard InChI is InChI=1S/C17H29N3O4/c1-12(19-4-6-24-7-5-19)17(23)18-14-8-15(9-14)20(11-16(21)22)10-13-2-3-13/h12-15H,2-11H2,1H3,(H,18,23)(H,21,22)/t12-,14?,15?/m0/s1. The van der Waals surface area contributed by atoms with Crippen LogP contribution in [0.3, 0.4) is 0 Å². The maximum absolute atomic E-state index is 12.4. The molecule has 2 aliphatic carbocycles. The van der Waals surface area contributed by atoms with Crippen molar-refractivity contribution in [1.29, 1.82) is 0 Å². The van der Waals surface area contributed by atoms with E-state index in [9.17, 15) is 9.59 Å². The fourth-order valence-electron chi connectivity index (χ4n) is 3.60. The highest BCUT2D eigenvalue weighted by molar-refractivity contribution is 5.81. The van der Waals surface area contributed by atoms with Crippen LogP contribution in [-0.4, -0.2) is 84.3 Å². The van der Waals surface area contributed by atoms with Crippen molar-refractivity contribution in [3.8, 4) is 0 Å². The molecule has 0 aromatic rings. The van der Waals surface area contributed by atoms with Gasteiger partial charge in [-0.2, -0.15) is 0 Å². The van der Waals surface area contributed by atoms with Crippen molar-refractivity contribution in [2.75, 3.05) is 39.4 Å². The number of nitrogens with one attached hydrogen (secondary N) is 1. The van der Waals surface area contributed by atoms with E-state index in [1.165, 1.54) is 12.8 Å². The maximum atomic E-state index is 12.4. The number of carbonyl (C=O) groups is 2. The SMILES string of the molecule is C[C@@H](C(=O)NC1CC(N(CC(=O)O)CC2CC2)C1)N1CCOCC1. The summed E-state index contributed by atoms with van der Waals surface area (Å²) in [5.74, 6) is -0.00395. The molecule has 7 heteroatoms. The summed E-state index contributed by atoms with van der Waals surface area (Å²) in [6.07, 6.45) is 4.17. The van der Waals surface area contributed by atoms with E-state index in [0.29, 0.717) is 25.2 Å². The number of aliphatic carboxylic acids is 1. The van der Waals surface area contributed by atoms with Crippen molar-refractivity contribution < 1.29 is 19.4 Å². The molecule has 0 radical (unpaired) electrons. The number of carbonyl (C=O) groups excluding carboxylic acids is 1. The molecule has 136 valence electrons. The Kier molecular flexibility index (Phi) is 5.73. The lowest BCUT2D eigenvalue weighted by Crippen LogP contribution is -2.58. The normalized spacial score (nSPS) is 29.1. The molecule has 2 N–H and O–H groups in total. The lowest BCUT2D eigenvalue weighted by Gasteiger charge is -2.43. The first-order valence-corrected chi connectivity index (χ1v) is 9.11. The smallest absolute Gasteiger partial charge is 0.317 e. The summed E-state index contributed by atoms with van der Waals surface area (Å²) < 4.78 is 5.32. The van der Waals surface area contributed by atoms with Gasteiger partial charge in [0.05, 0.1) is 25.8 Å². The maximum Gasteiger partial charge on any atom is 0.317 e. The average Bonchev–Trinajstić information content (AvgIpc) is 3.33. The molecule has 7 nitrogen and oxygen atoms in total. The summed E-state index contributed by atoms with van der Waals surface area (Å²) in [6, 6.07) is 0.349. The molecule has 1 saturated heterocycles. The Morgan fingerprint density at radius 1 is 1.29 bits per heavy atom. The van der Waals surface area contributed by atoms with E-state index in [1.54, 1.807) is 0 Å². The van der Waals surface area contributed by atoms with Crippen molar-refractivity contribution in [2.24, 2.45) is 5.92 Å². The van der Waals surface area contributed by atoms with Crippen LogP contribution in [0.25, 0.3) is 0 Å². The summed E-state index contributed by atoms with van der Waals surface area (Å²) in [7, 11) is 0. The van der Waals surface area contributed by atoms with Gasteiger partial charge in [-0.25, -0.2) is 0 Å². The number of ether oxygens (including phenoxy) is 1. The Hall–Kier alpha value is -1.18. The fourth-order valence-corrected chi connectivity index (χ4v) is 3.60. The predicted octanol–water partition coefficient (Wildman–Crippen LogP) is 0.151. The molecule has 1 aliphatic heterocycles. The number of hydrogen-bond acceptors (Lipinski definition) is 5. The van der Waals surface area contributed by atoms with Crippen molar-refractivity contribution in [2.45, 2.75) is 50.7 Å². The number of hydrogen-bond donors (Lipinski definition) is 2. The van der Waals surface area contributed by atoms with E-state index in [4.69, 9.17) is 9.84 Å². The molecule has 3 aliphatic rings. The lowest BCUT2D eigenvalue weighted by atomic mass is 9.85. The van der Waals surface area contributed by atoms with Gasteiger partial charge in [-0.05, 0) is 38.5 Å². The van der Waals surface area contributed by atoms with Gasteiger partial charge in [0.15, 0.2) is 0 Å². The van der Waals surface area contributed by atoms with Gasteiger partial charge in [-0.15, -0.1) is 0 Å². The van der Waals surface area contributed by atoms with Gasteiger partial charge >= 0.3 is 5.97 Å². The zero-order valence-electron chi connectivity index (χ0n) is 14.4. The zero-order valence-corrected chi connectivity index (χ0v) is 14.4. The van der Waals surface area contributed by atoms with Crippen molar-refractivity contribution >= 4 is 11.9 Å². The molecule has 0 unspecified atom stereocenters. The molecule has 2 saturated carbocycles. The highest BCUT2D eigenvalue weighted by atomic mass is 16.5. The van der Waals surface area contributed by atoms with Gasteiger partial charge in [0.2, 0.25) is 5.91 Å². The Labute approximate surface area is 143 Å². The monoisotopic (exact) mass is 339 g/mol. The van der Waals surface area contributed by atoms with E-state index < -0.39 is 5.97 Å². The van der Waals surface area contributed by atoms with Crippen LogP contribution in [0.2, 0.25) is 0 Å². The van der Waals surface area contributed by atoms with Crippen molar-refractivity contribution in [1.82, 2.24) is 15.1 Å². The zero-order chi connectivity index (χ0) is 17.1. The summed E-state index contributed by atoms with van der Waals surface area (Å²) in [5, 5.41) is 12.2. The number of amides is 1. The molecule has 1 atom stereocenters. The Balaban J connectivity index is 1.41. The first-order valence-electron chi connectivity index (χ1n) is 9.11. The van der Waals surface area contributed by atoms with Crippen LogP contribution in [0.15, 0.2) is 0 Å². The number of carboxylic acids is 1. The van der Waals surface area contributed by atoms with Crippen molar-refractivity contribution in [3.63, 3.8) is 0 Å².